The zero-order valence-corrected chi connectivity index (χ0v) is 13.2. The fourth-order valence-corrected chi connectivity index (χ4v) is 3.61. The number of sulfonamides is 1. The maximum atomic E-state index is 12.4. The van der Waals surface area contributed by atoms with E-state index >= 15 is 0 Å². The maximum absolute atomic E-state index is 12.4. The molecule has 1 fully saturated rings. The molecule has 1 saturated carbocycles. The Labute approximate surface area is 120 Å². The molecule has 1 aromatic heterocycles. The summed E-state index contributed by atoms with van der Waals surface area (Å²) in [5.74, 6) is 0. The molecule has 0 bridgehead atoms. The van der Waals surface area contributed by atoms with Crippen molar-refractivity contribution in [1.82, 2.24) is 20.2 Å². The van der Waals surface area contributed by atoms with Crippen LogP contribution in [-0.2, 0) is 16.6 Å². The van der Waals surface area contributed by atoms with E-state index in [0.717, 1.165) is 37.1 Å². The molecule has 7 heteroatoms. The minimum atomic E-state index is -3.54. The number of hydrogen-bond donors (Lipinski definition) is 3. The Hall–Kier alpha value is -0.920. The van der Waals surface area contributed by atoms with Gasteiger partial charge in [0.25, 0.3) is 10.0 Å². The Balaban J connectivity index is 2.12. The molecule has 6 nitrogen and oxygen atoms in total. The van der Waals surface area contributed by atoms with Crippen LogP contribution in [0.1, 0.15) is 44.4 Å². The Morgan fingerprint density at radius 3 is 2.60 bits per heavy atom. The first-order chi connectivity index (χ1) is 9.44. The van der Waals surface area contributed by atoms with Gasteiger partial charge in [-0.3, -0.25) is 5.10 Å². The summed E-state index contributed by atoms with van der Waals surface area (Å²) >= 11 is 0. The Morgan fingerprint density at radius 2 is 2.05 bits per heavy atom. The van der Waals surface area contributed by atoms with Crippen molar-refractivity contribution < 1.29 is 8.42 Å². The molecule has 0 radical (unpaired) electrons. The fraction of sp³-hybridized carbons (Fsp3) is 0.769. The molecule has 1 aromatic rings. The third kappa shape index (κ3) is 3.21. The molecule has 0 aliphatic heterocycles. The first-order valence-electron chi connectivity index (χ1n) is 7.18. The van der Waals surface area contributed by atoms with Gasteiger partial charge in [-0.05, 0) is 38.1 Å². The molecule has 1 aliphatic carbocycles. The van der Waals surface area contributed by atoms with Crippen LogP contribution >= 0.6 is 0 Å². The molecule has 3 N–H and O–H groups in total. The first-order valence-corrected chi connectivity index (χ1v) is 8.66. The van der Waals surface area contributed by atoms with E-state index in [9.17, 15) is 8.42 Å². The predicted molar refractivity (Wildman–Crippen MR) is 77.9 cm³/mol. The highest BCUT2D eigenvalue weighted by atomic mass is 32.2. The molecule has 1 heterocycles. The molecular formula is C13H24N4O2S. The number of H-pyrrole nitrogens is 1. The molecule has 114 valence electrons. The number of rotatable bonds is 8. The third-order valence-corrected chi connectivity index (χ3v) is 5.56. The van der Waals surface area contributed by atoms with Gasteiger partial charge in [0.1, 0.15) is 0 Å². The highest BCUT2D eigenvalue weighted by Crippen LogP contribution is 2.48. The summed E-state index contributed by atoms with van der Waals surface area (Å²) in [4.78, 5) is 0. The van der Waals surface area contributed by atoms with Crippen LogP contribution in [-0.4, -0.2) is 31.7 Å². The quantitative estimate of drug-likeness (QED) is 0.675. The van der Waals surface area contributed by atoms with Gasteiger partial charge in [0.15, 0.2) is 5.03 Å². The van der Waals surface area contributed by atoms with E-state index in [1.807, 2.05) is 13.8 Å². The summed E-state index contributed by atoms with van der Waals surface area (Å²) in [5, 5.41) is 10.0. The second kappa shape index (κ2) is 5.83. The lowest BCUT2D eigenvalue weighted by molar-refractivity contribution is 0.474. The largest absolute Gasteiger partial charge is 0.313 e. The summed E-state index contributed by atoms with van der Waals surface area (Å²) in [6, 6.07) is 0. The van der Waals surface area contributed by atoms with Gasteiger partial charge in [-0.25, -0.2) is 13.1 Å². The van der Waals surface area contributed by atoms with Crippen molar-refractivity contribution in [2.75, 3.05) is 13.1 Å². The number of aromatic amines is 1. The van der Waals surface area contributed by atoms with Gasteiger partial charge < -0.3 is 5.32 Å². The number of aryl methyl sites for hydroxylation is 1. The molecule has 0 spiro atoms. The molecule has 20 heavy (non-hydrogen) atoms. The van der Waals surface area contributed by atoms with E-state index in [1.165, 1.54) is 0 Å². The van der Waals surface area contributed by atoms with Crippen LogP contribution < -0.4 is 10.0 Å². The highest BCUT2D eigenvalue weighted by Gasteiger charge is 2.41. The predicted octanol–water partition coefficient (Wildman–Crippen LogP) is 1.30. The van der Waals surface area contributed by atoms with Crippen molar-refractivity contribution in [3.63, 3.8) is 0 Å². The minimum absolute atomic E-state index is 0.128. The molecule has 0 aromatic carbocycles. The van der Waals surface area contributed by atoms with Gasteiger partial charge in [0, 0.05) is 24.3 Å². The standard InChI is InChI=1S/C13H24N4O2S/c1-4-13(6-7-13)9-15-20(18,19)12-11(8-14-5-2)10(3)16-17-12/h14-15H,4-9H2,1-3H3,(H,16,17). The Bertz CT molecular complexity index is 561. The van der Waals surface area contributed by atoms with Gasteiger partial charge >= 0.3 is 0 Å². The molecule has 0 saturated heterocycles. The molecule has 1 aliphatic rings. The van der Waals surface area contributed by atoms with Crippen molar-refractivity contribution in [1.29, 1.82) is 0 Å². The van der Waals surface area contributed by atoms with Crippen LogP contribution in [0.15, 0.2) is 5.03 Å². The SMILES string of the molecule is CCNCc1c(S(=O)(=O)NCC2(CC)CC2)n[nH]c1C. The number of hydrogen-bond acceptors (Lipinski definition) is 4. The second-order valence-electron chi connectivity index (χ2n) is 5.59. The van der Waals surface area contributed by atoms with Gasteiger partial charge in [-0.1, -0.05) is 13.8 Å². The molecular weight excluding hydrogens is 276 g/mol. The summed E-state index contributed by atoms with van der Waals surface area (Å²) in [6.45, 7) is 7.74. The van der Waals surface area contributed by atoms with Gasteiger partial charge in [-0.2, -0.15) is 5.10 Å². The average Bonchev–Trinajstić information content (AvgIpc) is 3.12. The summed E-state index contributed by atoms with van der Waals surface area (Å²) in [6.07, 6.45) is 3.23. The average molecular weight is 300 g/mol. The van der Waals surface area contributed by atoms with Crippen LogP contribution in [0, 0.1) is 12.3 Å². The van der Waals surface area contributed by atoms with Gasteiger partial charge in [0.05, 0.1) is 0 Å². The van der Waals surface area contributed by atoms with Crippen LogP contribution in [0.4, 0.5) is 0 Å². The summed E-state index contributed by atoms with van der Waals surface area (Å²) < 4.78 is 27.5. The van der Waals surface area contributed by atoms with Crippen molar-refractivity contribution in [3.8, 4) is 0 Å². The molecule has 2 rings (SSSR count). The van der Waals surface area contributed by atoms with E-state index in [-0.39, 0.29) is 10.4 Å². The highest BCUT2D eigenvalue weighted by molar-refractivity contribution is 7.89. The zero-order valence-electron chi connectivity index (χ0n) is 12.4. The number of nitrogens with one attached hydrogen (secondary N) is 3. The Kier molecular flexibility index (Phi) is 4.51. The number of aromatic nitrogens is 2. The minimum Gasteiger partial charge on any atom is -0.313 e. The first kappa shape index (κ1) is 15.5. The summed E-state index contributed by atoms with van der Waals surface area (Å²) in [5.41, 5.74) is 1.70. The van der Waals surface area contributed by atoms with E-state index in [1.54, 1.807) is 0 Å². The Morgan fingerprint density at radius 1 is 1.35 bits per heavy atom. The molecule has 0 unspecified atom stereocenters. The van der Waals surface area contributed by atoms with Crippen molar-refractivity contribution in [2.45, 2.75) is 51.6 Å². The smallest absolute Gasteiger partial charge is 0.260 e. The third-order valence-electron chi connectivity index (χ3n) is 4.19. The van der Waals surface area contributed by atoms with Crippen LogP contribution in [0.2, 0.25) is 0 Å². The van der Waals surface area contributed by atoms with Gasteiger partial charge in [-0.15, -0.1) is 0 Å². The molecule has 0 atom stereocenters. The normalized spacial score (nSPS) is 17.4. The van der Waals surface area contributed by atoms with Crippen molar-refractivity contribution >= 4 is 10.0 Å². The molecule has 0 amide bonds. The monoisotopic (exact) mass is 300 g/mol. The van der Waals surface area contributed by atoms with Crippen LogP contribution in [0.25, 0.3) is 0 Å². The van der Waals surface area contributed by atoms with Gasteiger partial charge in [0.2, 0.25) is 0 Å². The van der Waals surface area contributed by atoms with Crippen molar-refractivity contribution in [2.24, 2.45) is 5.41 Å². The fourth-order valence-electron chi connectivity index (χ4n) is 2.26. The lowest BCUT2D eigenvalue weighted by Crippen LogP contribution is -2.31. The zero-order chi connectivity index (χ0) is 14.8. The topological polar surface area (TPSA) is 86.9 Å². The lowest BCUT2D eigenvalue weighted by Gasteiger charge is -2.13. The lowest BCUT2D eigenvalue weighted by atomic mass is 10.1. The van der Waals surface area contributed by atoms with E-state index in [2.05, 4.69) is 27.2 Å². The van der Waals surface area contributed by atoms with Crippen LogP contribution in [0.3, 0.4) is 0 Å². The maximum Gasteiger partial charge on any atom is 0.260 e. The van der Waals surface area contributed by atoms with E-state index in [0.29, 0.717) is 13.1 Å². The second-order valence-corrected chi connectivity index (χ2v) is 7.27. The van der Waals surface area contributed by atoms with Crippen molar-refractivity contribution in [3.05, 3.63) is 11.3 Å². The summed E-state index contributed by atoms with van der Waals surface area (Å²) in [7, 11) is -3.54. The van der Waals surface area contributed by atoms with E-state index < -0.39 is 10.0 Å². The van der Waals surface area contributed by atoms with E-state index in [4.69, 9.17) is 0 Å². The number of nitrogens with zero attached hydrogens (tertiary/aromatic N) is 1. The van der Waals surface area contributed by atoms with Crippen LogP contribution in [0.5, 0.6) is 0 Å².